The summed E-state index contributed by atoms with van der Waals surface area (Å²) in [6.45, 7) is 8.10. The number of nitrogens with one attached hydrogen (secondary N) is 2. The highest BCUT2D eigenvalue weighted by atomic mass is 16.6. The Hall–Kier alpha value is -5.14. The topological polar surface area (TPSA) is 197 Å². The normalized spacial score (nSPS) is 12.6. The van der Waals surface area contributed by atoms with Gasteiger partial charge in [0, 0.05) is 11.1 Å². The molecule has 0 aliphatic rings. The summed E-state index contributed by atoms with van der Waals surface area (Å²) in [4.78, 5) is 63.7. The van der Waals surface area contributed by atoms with Gasteiger partial charge in [-0.1, -0.05) is 56.3 Å². The lowest BCUT2D eigenvalue weighted by Crippen LogP contribution is -2.47. The van der Waals surface area contributed by atoms with Gasteiger partial charge in [-0.3, -0.25) is 19.2 Å². The molecule has 0 saturated carbocycles. The van der Waals surface area contributed by atoms with Gasteiger partial charge in [-0.25, -0.2) is 4.79 Å². The molecule has 1 heterocycles. The van der Waals surface area contributed by atoms with Crippen LogP contribution in [0.25, 0.3) is 11.4 Å². The van der Waals surface area contributed by atoms with Crippen LogP contribution in [0.3, 0.4) is 0 Å². The van der Waals surface area contributed by atoms with Crippen molar-refractivity contribution in [3.63, 3.8) is 0 Å². The molecule has 2 unspecified atom stereocenters. The second kappa shape index (κ2) is 14.8. The number of hydrogen-bond acceptors (Lipinski definition) is 10. The van der Waals surface area contributed by atoms with Gasteiger partial charge in [-0.2, -0.15) is 4.80 Å². The van der Waals surface area contributed by atoms with E-state index in [-0.39, 0.29) is 23.9 Å². The Bertz CT molecular complexity index is 1480. The van der Waals surface area contributed by atoms with Gasteiger partial charge >= 0.3 is 12.1 Å². The number of nitrogens with zero attached hydrogens (tertiary/aromatic N) is 4. The minimum atomic E-state index is -1.30. The molecule has 3 amide bonds. The van der Waals surface area contributed by atoms with Crippen molar-refractivity contribution in [3.8, 4) is 11.4 Å². The summed E-state index contributed by atoms with van der Waals surface area (Å²) >= 11 is 0. The van der Waals surface area contributed by atoms with Crippen molar-refractivity contribution in [2.45, 2.75) is 71.9 Å². The summed E-state index contributed by atoms with van der Waals surface area (Å²) in [6, 6.07) is 13.1. The van der Waals surface area contributed by atoms with Crippen molar-refractivity contribution >= 4 is 29.7 Å². The van der Waals surface area contributed by atoms with Gasteiger partial charge in [0.1, 0.15) is 30.8 Å². The van der Waals surface area contributed by atoms with Crippen molar-refractivity contribution in [3.05, 3.63) is 65.7 Å². The average Bonchev–Trinajstić information content (AvgIpc) is 3.42. The van der Waals surface area contributed by atoms with Crippen molar-refractivity contribution in [1.82, 2.24) is 30.8 Å². The molecule has 234 valence electrons. The summed E-state index contributed by atoms with van der Waals surface area (Å²) in [5.74, 6) is -2.56. The maximum atomic E-state index is 13.2. The van der Waals surface area contributed by atoms with E-state index < -0.39 is 60.3 Å². The van der Waals surface area contributed by atoms with Crippen LogP contribution in [0.5, 0.6) is 0 Å². The maximum absolute atomic E-state index is 13.2. The van der Waals surface area contributed by atoms with Crippen LogP contribution in [0, 0.1) is 5.92 Å². The number of hydrogen-bond donors (Lipinski definition) is 3. The number of carbonyl (C=O) groups excluding carboxylic acids is 5. The first-order valence-electron chi connectivity index (χ1n) is 13.9. The number of benzene rings is 2. The second-order valence-electron chi connectivity index (χ2n) is 11.3. The number of Topliss-reactive ketones (excluding diaryl/α,β-unsaturated/α-hetero) is 1. The van der Waals surface area contributed by atoms with Crippen molar-refractivity contribution in [2.75, 3.05) is 0 Å². The Labute approximate surface area is 254 Å². The number of ketones is 1. The van der Waals surface area contributed by atoms with Crippen LogP contribution in [-0.4, -0.2) is 67.6 Å². The van der Waals surface area contributed by atoms with Crippen LogP contribution in [-0.2, 0) is 37.0 Å². The van der Waals surface area contributed by atoms with E-state index in [0.717, 1.165) is 10.4 Å². The standard InChI is InChI=1S/C30H37N7O7/c1-18(2)25(26(31)40)33-28(41)21-13-9-12-20(14-21)27-34-36-37(35-27)16-23(38)22(15-24(39)44-30(3,4)5)32-29(42)43-17-19-10-7-6-8-11-19/h6-14,18,22,25H,15-17H2,1-5H3,(H2,31,40)(H,32,42)(H,33,41). The molecule has 3 aromatic rings. The van der Waals surface area contributed by atoms with Crippen LogP contribution >= 0.6 is 0 Å². The summed E-state index contributed by atoms with van der Waals surface area (Å²) in [7, 11) is 0. The van der Waals surface area contributed by atoms with E-state index in [4.69, 9.17) is 15.2 Å². The lowest BCUT2D eigenvalue weighted by Gasteiger charge is -2.22. The second-order valence-corrected chi connectivity index (χ2v) is 11.3. The molecule has 14 heteroatoms. The Morgan fingerprint density at radius 2 is 1.68 bits per heavy atom. The zero-order chi connectivity index (χ0) is 32.4. The quantitative estimate of drug-likeness (QED) is 0.242. The molecule has 2 aromatic carbocycles. The lowest BCUT2D eigenvalue weighted by molar-refractivity contribution is -0.156. The summed E-state index contributed by atoms with van der Waals surface area (Å²) in [6.07, 6.45) is -1.34. The number of carbonyl (C=O) groups is 5. The molecule has 0 saturated heterocycles. The van der Waals surface area contributed by atoms with Gasteiger partial charge in [0.25, 0.3) is 5.91 Å². The SMILES string of the molecule is CC(C)C(NC(=O)c1cccc(-c2nnn(CC(=O)C(CC(=O)OC(C)(C)C)NC(=O)OCc3ccccc3)n2)c1)C(N)=O. The molecule has 0 aliphatic carbocycles. The van der Waals surface area contributed by atoms with E-state index in [9.17, 15) is 24.0 Å². The molecular weight excluding hydrogens is 570 g/mol. The Balaban J connectivity index is 1.71. The van der Waals surface area contributed by atoms with Gasteiger partial charge in [-0.05, 0) is 49.6 Å². The predicted molar refractivity (Wildman–Crippen MR) is 158 cm³/mol. The van der Waals surface area contributed by atoms with E-state index in [0.29, 0.717) is 5.56 Å². The Morgan fingerprint density at radius 3 is 2.32 bits per heavy atom. The molecular formula is C30H37N7O7. The van der Waals surface area contributed by atoms with Crippen LogP contribution in [0.4, 0.5) is 4.79 Å². The number of ether oxygens (including phenoxy) is 2. The number of esters is 1. The molecule has 4 N–H and O–H groups in total. The largest absolute Gasteiger partial charge is 0.460 e. The number of rotatable bonds is 13. The minimum Gasteiger partial charge on any atom is -0.460 e. The van der Waals surface area contributed by atoms with Crippen LogP contribution < -0.4 is 16.4 Å². The van der Waals surface area contributed by atoms with Crippen LogP contribution in [0.15, 0.2) is 54.6 Å². The first-order valence-corrected chi connectivity index (χ1v) is 13.9. The van der Waals surface area contributed by atoms with Crippen LogP contribution in [0.1, 0.15) is 57.0 Å². The highest BCUT2D eigenvalue weighted by Crippen LogP contribution is 2.17. The highest BCUT2D eigenvalue weighted by molar-refractivity contribution is 5.98. The van der Waals surface area contributed by atoms with E-state index >= 15 is 0 Å². The molecule has 3 rings (SSSR count). The number of amides is 3. The number of nitrogens with two attached hydrogens (primary N) is 1. The molecule has 0 radical (unpaired) electrons. The first kappa shape index (κ1) is 33.4. The van der Waals surface area contributed by atoms with E-state index in [1.54, 1.807) is 77.1 Å². The zero-order valence-electron chi connectivity index (χ0n) is 25.3. The Kier molecular flexibility index (Phi) is 11.3. The number of aromatic nitrogens is 4. The molecule has 0 bridgehead atoms. The van der Waals surface area contributed by atoms with E-state index in [1.165, 1.54) is 6.07 Å². The summed E-state index contributed by atoms with van der Waals surface area (Å²) < 4.78 is 10.6. The van der Waals surface area contributed by atoms with Gasteiger partial charge in [0.2, 0.25) is 11.7 Å². The van der Waals surface area contributed by atoms with Gasteiger partial charge in [0.15, 0.2) is 5.78 Å². The number of tetrazole rings is 1. The fraction of sp³-hybridized carbons (Fsp3) is 0.400. The smallest absolute Gasteiger partial charge is 0.408 e. The third kappa shape index (κ3) is 10.3. The van der Waals surface area contributed by atoms with Gasteiger partial charge in [0.05, 0.1) is 6.42 Å². The minimum absolute atomic E-state index is 0.0360. The molecule has 44 heavy (non-hydrogen) atoms. The molecule has 2 atom stereocenters. The fourth-order valence-electron chi connectivity index (χ4n) is 3.97. The van der Waals surface area contributed by atoms with Gasteiger partial charge in [-0.15, -0.1) is 10.2 Å². The molecule has 0 fully saturated rings. The van der Waals surface area contributed by atoms with Gasteiger partial charge < -0.3 is 25.8 Å². The predicted octanol–water partition coefficient (Wildman–Crippen LogP) is 2.18. The molecule has 0 aliphatic heterocycles. The summed E-state index contributed by atoms with van der Waals surface area (Å²) in [5, 5.41) is 17.2. The monoisotopic (exact) mass is 607 g/mol. The van der Waals surface area contributed by atoms with E-state index in [2.05, 4.69) is 26.0 Å². The molecule has 1 aromatic heterocycles. The van der Waals surface area contributed by atoms with Crippen LogP contribution in [0.2, 0.25) is 0 Å². The first-order chi connectivity index (χ1) is 20.7. The number of primary amides is 1. The van der Waals surface area contributed by atoms with Crippen molar-refractivity contribution in [2.24, 2.45) is 11.7 Å². The number of alkyl carbamates (subject to hydrolysis) is 1. The lowest BCUT2D eigenvalue weighted by atomic mass is 10.0. The van der Waals surface area contributed by atoms with E-state index in [1.807, 2.05) is 6.07 Å². The maximum Gasteiger partial charge on any atom is 0.408 e. The molecule has 14 nitrogen and oxygen atoms in total. The average molecular weight is 608 g/mol. The third-order valence-electron chi connectivity index (χ3n) is 6.08. The third-order valence-corrected chi connectivity index (χ3v) is 6.08. The summed E-state index contributed by atoms with van der Waals surface area (Å²) in [5.41, 5.74) is 5.99. The fourth-order valence-corrected chi connectivity index (χ4v) is 3.97. The van der Waals surface area contributed by atoms with Crippen molar-refractivity contribution in [1.29, 1.82) is 0 Å². The highest BCUT2D eigenvalue weighted by Gasteiger charge is 2.28. The zero-order valence-corrected chi connectivity index (χ0v) is 25.3. The Morgan fingerprint density at radius 1 is 0.977 bits per heavy atom. The molecule has 0 spiro atoms. The van der Waals surface area contributed by atoms with Crippen molar-refractivity contribution < 1.29 is 33.4 Å².